The molecule has 0 heterocycles. The zero-order valence-corrected chi connectivity index (χ0v) is 19.2. The van der Waals surface area contributed by atoms with Gasteiger partial charge in [0, 0.05) is 0 Å². The van der Waals surface area contributed by atoms with E-state index in [0.717, 1.165) is 32.1 Å². The lowest BCUT2D eigenvalue weighted by atomic mass is 9.98. The van der Waals surface area contributed by atoms with Gasteiger partial charge in [0.2, 0.25) is 0 Å². The van der Waals surface area contributed by atoms with E-state index in [4.69, 9.17) is 4.74 Å². The van der Waals surface area contributed by atoms with Gasteiger partial charge in [0.15, 0.2) is 0 Å². The van der Waals surface area contributed by atoms with Crippen LogP contribution in [0.3, 0.4) is 0 Å². The maximum atomic E-state index is 12.1. The zero-order valence-electron chi connectivity index (χ0n) is 19.2. The molecule has 0 aliphatic rings. The Kier molecular flexibility index (Phi) is 21.4. The van der Waals surface area contributed by atoms with Gasteiger partial charge in [-0.25, -0.2) is 0 Å². The number of rotatable bonds is 20. The van der Waals surface area contributed by atoms with Crippen molar-refractivity contribution in [3.05, 3.63) is 24.3 Å². The van der Waals surface area contributed by atoms with E-state index < -0.39 is 0 Å². The third kappa shape index (κ3) is 18.3. The largest absolute Gasteiger partial charge is 0.465 e. The third-order valence-corrected chi connectivity index (χ3v) is 5.32. The van der Waals surface area contributed by atoms with Crippen LogP contribution < -0.4 is 0 Å². The van der Waals surface area contributed by atoms with E-state index in [0.29, 0.717) is 6.61 Å². The van der Waals surface area contributed by atoms with Crippen LogP contribution in [0, 0.1) is 5.92 Å². The first-order valence-electron chi connectivity index (χ1n) is 12.2. The van der Waals surface area contributed by atoms with Crippen LogP contribution in [-0.2, 0) is 9.53 Å². The van der Waals surface area contributed by atoms with Gasteiger partial charge in [0.25, 0.3) is 0 Å². The van der Waals surface area contributed by atoms with Crippen molar-refractivity contribution < 1.29 is 9.53 Å². The Bertz CT molecular complexity index is 384. The highest BCUT2D eigenvalue weighted by atomic mass is 16.5. The molecule has 0 aliphatic heterocycles. The summed E-state index contributed by atoms with van der Waals surface area (Å²) >= 11 is 0. The summed E-state index contributed by atoms with van der Waals surface area (Å²) in [6.07, 6.45) is 28.1. The second kappa shape index (κ2) is 22.2. The fourth-order valence-electron chi connectivity index (χ4n) is 3.33. The molecule has 0 saturated heterocycles. The van der Waals surface area contributed by atoms with E-state index in [-0.39, 0.29) is 11.9 Å². The summed E-state index contributed by atoms with van der Waals surface area (Å²) in [5.41, 5.74) is 0. The Balaban J connectivity index is 3.56. The van der Waals surface area contributed by atoms with Gasteiger partial charge in [-0.15, -0.1) is 0 Å². The van der Waals surface area contributed by atoms with Crippen LogP contribution in [-0.4, -0.2) is 12.6 Å². The predicted octanol–water partition coefficient (Wildman–Crippen LogP) is 8.56. The number of unbranched alkanes of at least 4 members (excludes halogenated alkanes) is 10. The average Bonchev–Trinajstić information content (AvgIpc) is 2.70. The highest BCUT2D eigenvalue weighted by molar-refractivity contribution is 5.72. The normalized spacial score (nSPS) is 12.8. The van der Waals surface area contributed by atoms with Crippen LogP contribution in [0.25, 0.3) is 0 Å². The van der Waals surface area contributed by atoms with E-state index in [1.807, 2.05) is 0 Å². The van der Waals surface area contributed by atoms with Crippen LogP contribution in [0.2, 0.25) is 0 Å². The van der Waals surface area contributed by atoms with Crippen LogP contribution >= 0.6 is 0 Å². The molecule has 0 radical (unpaired) electrons. The molecular formula is C26H48O2. The Labute approximate surface area is 176 Å². The maximum Gasteiger partial charge on any atom is 0.308 e. The lowest BCUT2D eigenvalue weighted by Crippen LogP contribution is -2.17. The Morgan fingerprint density at radius 3 is 1.93 bits per heavy atom. The lowest BCUT2D eigenvalue weighted by molar-refractivity contribution is -0.149. The molecule has 1 unspecified atom stereocenters. The molecule has 1 atom stereocenters. The summed E-state index contributed by atoms with van der Waals surface area (Å²) < 4.78 is 5.46. The zero-order chi connectivity index (χ0) is 20.7. The minimum atomic E-state index is 0.0321. The molecule has 0 aromatic carbocycles. The molecule has 0 aliphatic carbocycles. The highest BCUT2D eigenvalue weighted by Crippen LogP contribution is 2.17. The SMILES string of the molecule is CCCCC/C=C\C/C=C\CCCCCCC(CC)C(=O)OCCCCCC. The van der Waals surface area contributed by atoms with Gasteiger partial charge in [-0.2, -0.15) is 0 Å². The molecule has 0 N–H and O–H groups in total. The number of allylic oxidation sites excluding steroid dienone is 4. The van der Waals surface area contributed by atoms with Crippen molar-refractivity contribution >= 4 is 5.97 Å². The van der Waals surface area contributed by atoms with Crippen LogP contribution in [0.5, 0.6) is 0 Å². The fourth-order valence-corrected chi connectivity index (χ4v) is 3.33. The summed E-state index contributed by atoms with van der Waals surface area (Å²) in [4.78, 5) is 12.1. The van der Waals surface area contributed by atoms with Crippen LogP contribution in [0.15, 0.2) is 24.3 Å². The minimum Gasteiger partial charge on any atom is -0.465 e. The summed E-state index contributed by atoms with van der Waals surface area (Å²) in [7, 11) is 0. The standard InChI is InChI=1S/C26H48O2/c1-4-7-9-11-12-13-14-15-16-17-18-19-20-21-23-25(6-3)26(27)28-24-22-10-8-5-2/h12-13,15-16,25H,4-11,14,17-24H2,1-3H3/b13-12-,16-15-. The van der Waals surface area contributed by atoms with E-state index >= 15 is 0 Å². The molecule has 2 heteroatoms. The molecule has 0 amide bonds. The van der Waals surface area contributed by atoms with Gasteiger partial charge < -0.3 is 4.74 Å². The Morgan fingerprint density at radius 1 is 0.714 bits per heavy atom. The van der Waals surface area contributed by atoms with Crippen molar-refractivity contribution in [1.82, 2.24) is 0 Å². The quantitative estimate of drug-likeness (QED) is 0.118. The van der Waals surface area contributed by atoms with Crippen molar-refractivity contribution in [2.45, 2.75) is 124 Å². The van der Waals surface area contributed by atoms with Gasteiger partial charge in [-0.05, 0) is 51.4 Å². The van der Waals surface area contributed by atoms with Crippen molar-refractivity contribution in [2.24, 2.45) is 5.92 Å². The molecule has 0 aromatic heterocycles. The first kappa shape index (κ1) is 27.0. The monoisotopic (exact) mass is 392 g/mol. The summed E-state index contributed by atoms with van der Waals surface area (Å²) in [5.74, 6) is 0.139. The molecule has 0 aromatic rings. The smallest absolute Gasteiger partial charge is 0.308 e. The molecule has 0 spiro atoms. The fraction of sp³-hybridized carbons (Fsp3) is 0.808. The first-order valence-corrected chi connectivity index (χ1v) is 12.2. The summed E-state index contributed by atoms with van der Waals surface area (Å²) in [6.45, 7) is 7.16. The number of carbonyl (C=O) groups excluding carboxylic acids is 1. The lowest BCUT2D eigenvalue weighted by Gasteiger charge is -2.14. The van der Waals surface area contributed by atoms with E-state index in [1.165, 1.54) is 70.6 Å². The van der Waals surface area contributed by atoms with Gasteiger partial charge in [-0.3, -0.25) is 4.79 Å². The van der Waals surface area contributed by atoms with E-state index in [2.05, 4.69) is 45.1 Å². The average molecular weight is 393 g/mol. The highest BCUT2D eigenvalue weighted by Gasteiger charge is 2.17. The first-order chi connectivity index (χ1) is 13.8. The molecule has 2 nitrogen and oxygen atoms in total. The van der Waals surface area contributed by atoms with Crippen LogP contribution in [0.1, 0.15) is 124 Å². The molecular weight excluding hydrogens is 344 g/mol. The van der Waals surface area contributed by atoms with E-state index in [1.54, 1.807) is 0 Å². The van der Waals surface area contributed by atoms with Gasteiger partial charge in [0.1, 0.15) is 0 Å². The maximum absolute atomic E-state index is 12.1. The van der Waals surface area contributed by atoms with Gasteiger partial charge in [0.05, 0.1) is 12.5 Å². The molecule has 0 bridgehead atoms. The second-order valence-electron chi connectivity index (χ2n) is 8.00. The minimum absolute atomic E-state index is 0.0321. The number of ether oxygens (including phenoxy) is 1. The van der Waals surface area contributed by atoms with Gasteiger partial charge in [-0.1, -0.05) is 96.4 Å². The van der Waals surface area contributed by atoms with Crippen molar-refractivity contribution in [2.75, 3.05) is 6.61 Å². The van der Waals surface area contributed by atoms with Crippen molar-refractivity contribution in [1.29, 1.82) is 0 Å². The second-order valence-corrected chi connectivity index (χ2v) is 8.00. The van der Waals surface area contributed by atoms with Crippen LogP contribution in [0.4, 0.5) is 0 Å². The summed E-state index contributed by atoms with van der Waals surface area (Å²) in [6, 6.07) is 0. The number of carbonyl (C=O) groups is 1. The molecule has 164 valence electrons. The summed E-state index contributed by atoms with van der Waals surface area (Å²) in [5, 5.41) is 0. The Morgan fingerprint density at radius 2 is 1.29 bits per heavy atom. The van der Waals surface area contributed by atoms with Crippen molar-refractivity contribution in [3.63, 3.8) is 0 Å². The molecule has 28 heavy (non-hydrogen) atoms. The third-order valence-electron chi connectivity index (χ3n) is 5.32. The van der Waals surface area contributed by atoms with Crippen molar-refractivity contribution in [3.8, 4) is 0 Å². The number of esters is 1. The molecule has 0 rings (SSSR count). The van der Waals surface area contributed by atoms with E-state index in [9.17, 15) is 4.79 Å². The predicted molar refractivity (Wildman–Crippen MR) is 124 cm³/mol. The number of hydrogen-bond donors (Lipinski definition) is 0. The topological polar surface area (TPSA) is 26.3 Å². The Hall–Kier alpha value is -1.05. The molecule has 0 fully saturated rings. The number of hydrogen-bond acceptors (Lipinski definition) is 2. The molecule has 0 saturated carbocycles. The van der Waals surface area contributed by atoms with Gasteiger partial charge >= 0.3 is 5.97 Å².